The van der Waals surface area contributed by atoms with Gasteiger partial charge >= 0.3 is 0 Å². The normalized spacial score (nSPS) is 19.5. The molecule has 0 saturated carbocycles. The average molecular weight is 288 g/mol. The summed E-state index contributed by atoms with van der Waals surface area (Å²) in [5.41, 5.74) is 3.41. The Labute approximate surface area is 128 Å². The molecule has 21 heavy (non-hydrogen) atoms. The minimum atomic E-state index is 0.0581. The topological polar surface area (TPSA) is 23.6 Å². The van der Waals surface area contributed by atoms with Crippen LogP contribution in [0.25, 0.3) is 0 Å². The molecule has 1 unspecified atom stereocenters. The quantitative estimate of drug-likeness (QED) is 0.846. The highest BCUT2D eigenvalue weighted by Gasteiger charge is 2.31. The lowest BCUT2D eigenvalue weighted by molar-refractivity contribution is -0.124. The number of aryl methyl sites for hydroxylation is 2. The van der Waals surface area contributed by atoms with Crippen LogP contribution in [0.5, 0.6) is 0 Å². The van der Waals surface area contributed by atoms with Gasteiger partial charge < -0.3 is 4.90 Å². The number of likely N-dealkylation sites (N-methyl/N-ethyl adjacent to an activating group) is 1. The van der Waals surface area contributed by atoms with Crippen LogP contribution >= 0.6 is 0 Å². The van der Waals surface area contributed by atoms with Crippen molar-refractivity contribution in [3.8, 4) is 0 Å². The van der Waals surface area contributed by atoms with Crippen LogP contribution in [-0.2, 0) is 4.79 Å². The average Bonchev–Trinajstić information content (AvgIpc) is 2.47. The minimum Gasteiger partial charge on any atom is -0.314 e. The number of anilines is 1. The zero-order valence-electron chi connectivity index (χ0n) is 13.9. The summed E-state index contributed by atoms with van der Waals surface area (Å²) in [5, 5.41) is 0. The maximum Gasteiger partial charge on any atom is 0.244 e. The number of para-hydroxylation sites is 1. The summed E-state index contributed by atoms with van der Waals surface area (Å²) in [7, 11) is 1.93. The molecule has 0 bridgehead atoms. The van der Waals surface area contributed by atoms with Gasteiger partial charge in [-0.05, 0) is 57.3 Å². The number of hydrogen-bond acceptors (Lipinski definition) is 2. The second-order valence-corrected chi connectivity index (χ2v) is 6.19. The molecule has 0 N–H and O–H groups in total. The van der Waals surface area contributed by atoms with E-state index in [0.717, 1.165) is 38.0 Å². The fourth-order valence-corrected chi connectivity index (χ4v) is 3.49. The third kappa shape index (κ3) is 3.46. The summed E-state index contributed by atoms with van der Waals surface area (Å²) in [6.07, 6.45) is 4.49. The largest absolute Gasteiger partial charge is 0.314 e. The number of rotatable bonds is 4. The standard InChI is InChI=1S/C18H28N2O/c1-5-12-20-13-7-6-11-16(20)18(21)19(4)17-14(2)9-8-10-15(17)3/h8-10,16H,5-7,11-13H2,1-4H3. The SMILES string of the molecule is CCCN1CCCCC1C(=O)N(C)c1c(C)cccc1C. The molecular formula is C18H28N2O. The minimum absolute atomic E-state index is 0.0581. The van der Waals surface area contributed by atoms with Crippen LogP contribution < -0.4 is 4.90 Å². The molecule has 1 saturated heterocycles. The van der Waals surface area contributed by atoms with Crippen LogP contribution in [0.15, 0.2) is 18.2 Å². The summed E-state index contributed by atoms with van der Waals surface area (Å²) in [5.74, 6) is 0.251. The van der Waals surface area contributed by atoms with Crippen molar-refractivity contribution in [1.82, 2.24) is 4.90 Å². The molecule has 1 aliphatic rings. The molecule has 1 amide bonds. The lowest BCUT2D eigenvalue weighted by Gasteiger charge is -2.37. The summed E-state index contributed by atoms with van der Waals surface area (Å²) >= 11 is 0. The van der Waals surface area contributed by atoms with Crippen molar-refractivity contribution in [3.05, 3.63) is 29.3 Å². The van der Waals surface area contributed by atoms with E-state index in [9.17, 15) is 4.79 Å². The first-order valence-electron chi connectivity index (χ1n) is 8.14. The molecule has 0 spiro atoms. The smallest absolute Gasteiger partial charge is 0.244 e. The van der Waals surface area contributed by atoms with E-state index in [1.165, 1.54) is 17.5 Å². The number of piperidine rings is 1. The molecule has 1 heterocycles. The van der Waals surface area contributed by atoms with E-state index in [2.05, 4.69) is 43.9 Å². The fraction of sp³-hybridized carbons (Fsp3) is 0.611. The van der Waals surface area contributed by atoms with Crippen LogP contribution in [0.2, 0.25) is 0 Å². The first-order chi connectivity index (χ1) is 10.1. The Morgan fingerprint density at radius 3 is 2.57 bits per heavy atom. The maximum absolute atomic E-state index is 13.0. The molecule has 0 aliphatic carbocycles. The summed E-state index contributed by atoms with van der Waals surface area (Å²) in [6.45, 7) is 8.43. The molecule has 3 nitrogen and oxygen atoms in total. The zero-order chi connectivity index (χ0) is 15.4. The van der Waals surface area contributed by atoms with E-state index in [1.54, 1.807) is 0 Å². The number of likely N-dealkylation sites (tertiary alicyclic amines) is 1. The van der Waals surface area contributed by atoms with E-state index >= 15 is 0 Å². The van der Waals surface area contributed by atoms with E-state index in [-0.39, 0.29) is 11.9 Å². The van der Waals surface area contributed by atoms with Gasteiger partial charge in [0.15, 0.2) is 0 Å². The Balaban J connectivity index is 2.21. The molecule has 1 aromatic carbocycles. The molecular weight excluding hydrogens is 260 g/mol. The predicted molar refractivity (Wildman–Crippen MR) is 88.8 cm³/mol. The van der Waals surface area contributed by atoms with Gasteiger partial charge in [-0.3, -0.25) is 9.69 Å². The van der Waals surface area contributed by atoms with Crippen molar-refractivity contribution in [2.24, 2.45) is 0 Å². The van der Waals surface area contributed by atoms with Crippen molar-refractivity contribution in [3.63, 3.8) is 0 Å². The van der Waals surface area contributed by atoms with Gasteiger partial charge in [-0.2, -0.15) is 0 Å². The Kier molecular flexibility index (Phi) is 5.40. The van der Waals surface area contributed by atoms with E-state index in [1.807, 2.05) is 11.9 Å². The third-order valence-electron chi connectivity index (χ3n) is 4.52. The van der Waals surface area contributed by atoms with Gasteiger partial charge in [0.2, 0.25) is 5.91 Å². The second kappa shape index (κ2) is 7.08. The highest BCUT2D eigenvalue weighted by molar-refractivity contribution is 5.98. The highest BCUT2D eigenvalue weighted by atomic mass is 16.2. The summed E-state index contributed by atoms with van der Waals surface area (Å²) < 4.78 is 0. The first-order valence-corrected chi connectivity index (χ1v) is 8.14. The van der Waals surface area contributed by atoms with Crippen LogP contribution in [0.4, 0.5) is 5.69 Å². The zero-order valence-corrected chi connectivity index (χ0v) is 13.9. The van der Waals surface area contributed by atoms with Crippen LogP contribution in [0.3, 0.4) is 0 Å². The number of benzene rings is 1. The molecule has 0 aromatic heterocycles. The van der Waals surface area contributed by atoms with Crippen molar-refractivity contribution >= 4 is 11.6 Å². The van der Waals surface area contributed by atoms with E-state index in [4.69, 9.17) is 0 Å². The maximum atomic E-state index is 13.0. The Bertz CT molecular complexity index is 476. The van der Waals surface area contributed by atoms with Gasteiger partial charge in [-0.15, -0.1) is 0 Å². The van der Waals surface area contributed by atoms with Crippen LogP contribution in [0, 0.1) is 13.8 Å². The second-order valence-electron chi connectivity index (χ2n) is 6.19. The molecule has 2 rings (SSSR count). The first kappa shape index (κ1) is 16.0. The lowest BCUT2D eigenvalue weighted by atomic mass is 9.99. The van der Waals surface area contributed by atoms with E-state index in [0.29, 0.717) is 0 Å². The van der Waals surface area contributed by atoms with Gasteiger partial charge in [-0.1, -0.05) is 31.5 Å². The monoisotopic (exact) mass is 288 g/mol. The van der Waals surface area contributed by atoms with Gasteiger partial charge in [-0.25, -0.2) is 0 Å². The Hall–Kier alpha value is -1.35. The molecule has 1 atom stereocenters. The fourth-order valence-electron chi connectivity index (χ4n) is 3.49. The molecule has 116 valence electrons. The molecule has 1 aliphatic heterocycles. The molecule has 1 fully saturated rings. The van der Waals surface area contributed by atoms with Crippen molar-refractivity contribution < 1.29 is 4.79 Å². The van der Waals surface area contributed by atoms with Crippen LogP contribution in [-0.4, -0.2) is 37.0 Å². The number of amides is 1. The lowest BCUT2D eigenvalue weighted by Crippen LogP contribution is -2.50. The molecule has 1 aromatic rings. The number of hydrogen-bond donors (Lipinski definition) is 0. The number of carbonyl (C=O) groups is 1. The number of nitrogens with zero attached hydrogens (tertiary/aromatic N) is 2. The highest BCUT2D eigenvalue weighted by Crippen LogP contribution is 2.26. The van der Waals surface area contributed by atoms with Gasteiger partial charge in [0.1, 0.15) is 0 Å². The third-order valence-corrected chi connectivity index (χ3v) is 4.52. The van der Waals surface area contributed by atoms with E-state index < -0.39 is 0 Å². The van der Waals surface area contributed by atoms with Crippen molar-refractivity contribution in [2.45, 2.75) is 52.5 Å². The Morgan fingerprint density at radius 2 is 1.95 bits per heavy atom. The predicted octanol–water partition coefficient (Wildman–Crippen LogP) is 3.53. The van der Waals surface area contributed by atoms with Gasteiger partial charge in [0.05, 0.1) is 6.04 Å². The Morgan fingerprint density at radius 1 is 1.29 bits per heavy atom. The summed E-state index contributed by atoms with van der Waals surface area (Å²) in [6, 6.07) is 6.27. The molecule has 3 heteroatoms. The summed E-state index contributed by atoms with van der Waals surface area (Å²) in [4.78, 5) is 17.2. The molecule has 0 radical (unpaired) electrons. The van der Waals surface area contributed by atoms with Gasteiger partial charge in [0.25, 0.3) is 0 Å². The van der Waals surface area contributed by atoms with Crippen LogP contribution in [0.1, 0.15) is 43.7 Å². The number of carbonyl (C=O) groups excluding carboxylic acids is 1. The van der Waals surface area contributed by atoms with Crippen molar-refractivity contribution in [2.75, 3.05) is 25.0 Å². The van der Waals surface area contributed by atoms with Crippen molar-refractivity contribution in [1.29, 1.82) is 0 Å². The van der Waals surface area contributed by atoms with Gasteiger partial charge in [0, 0.05) is 12.7 Å².